The average molecular weight is 262 g/mol. The first-order valence-corrected chi connectivity index (χ1v) is 6.22. The summed E-state index contributed by atoms with van der Waals surface area (Å²) in [6.45, 7) is 1.71. The Balaban J connectivity index is 2.02. The van der Waals surface area contributed by atoms with Crippen molar-refractivity contribution in [1.29, 1.82) is 0 Å². The molecular formula is C16H13F3. The number of benzene rings is 2. The number of hydrogen-bond acceptors (Lipinski definition) is 0. The van der Waals surface area contributed by atoms with Crippen LogP contribution in [-0.2, 0) is 12.6 Å². The Morgan fingerprint density at radius 1 is 1.05 bits per heavy atom. The van der Waals surface area contributed by atoms with Crippen LogP contribution < -0.4 is 0 Å². The van der Waals surface area contributed by atoms with Gasteiger partial charge in [0.25, 0.3) is 0 Å². The van der Waals surface area contributed by atoms with E-state index in [1.165, 1.54) is 17.7 Å². The van der Waals surface area contributed by atoms with Crippen molar-refractivity contribution in [3.8, 4) is 0 Å². The average Bonchev–Trinajstić information content (AvgIpc) is 2.29. The monoisotopic (exact) mass is 262 g/mol. The van der Waals surface area contributed by atoms with E-state index in [1.807, 2.05) is 30.3 Å². The molecule has 1 aliphatic rings. The molecule has 0 fully saturated rings. The predicted molar refractivity (Wildman–Crippen MR) is 68.2 cm³/mol. The van der Waals surface area contributed by atoms with Crippen molar-refractivity contribution in [1.82, 2.24) is 0 Å². The summed E-state index contributed by atoms with van der Waals surface area (Å²) in [7, 11) is 0. The molecule has 1 unspecified atom stereocenters. The van der Waals surface area contributed by atoms with Crippen molar-refractivity contribution >= 4 is 0 Å². The van der Waals surface area contributed by atoms with Gasteiger partial charge in [-0.1, -0.05) is 35.9 Å². The molecule has 0 amide bonds. The van der Waals surface area contributed by atoms with E-state index >= 15 is 0 Å². The molecule has 0 aromatic heterocycles. The summed E-state index contributed by atoms with van der Waals surface area (Å²) in [5, 5.41) is 0. The maximum absolute atomic E-state index is 12.8. The van der Waals surface area contributed by atoms with Gasteiger partial charge in [0.15, 0.2) is 0 Å². The highest BCUT2D eigenvalue weighted by molar-refractivity contribution is 5.48. The van der Waals surface area contributed by atoms with Gasteiger partial charge in [0.1, 0.15) is 0 Å². The van der Waals surface area contributed by atoms with Crippen molar-refractivity contribution in [2.75, 3.05) is 0 Å². The van der Waals surface area contributed by atoms with Gasteiger partial charge in [-0.05, 0) is 42.2 Å². The van der Waals surface area contributed by atoms with Crippen LogP contribution in [0.2, 0.25) is 0 Å². The van der Waals surface area contributed by atoms with Crippen LogP contribution in [0.15, 0.2) is 42.5 Å². The molecule has 19 heavy (non-hydrogen) atoms. The summed E-state index contributed by atoms with van der Waals surface area (Å²) >= 11 is 0. The summed E-state index contributed by atoms with van der Waals surface area (Å²) in [5.41, 5.74) is 3.27. The van der Waals surface area contributed by atoms with Crippen LogP contribution in [0.3, 0.4) is 0 Å². The molecule has 0 bridgehead atoms. The van der Waals surface area contributed by atoms with Gasteiger partial charge in [-0.2, -0.15) is 13.2 Å². The van der Waals surface area contributed by atoms with Crippen molar-refractivity contribution in [3.05, 3.63) is 70.3 Å². The van der Waals surface area contributed by atoms with Crippen LogP contribution in [-0.4, -0.2) is 0 Å². The molecule has 1 aliphatic carbocycles. The second kappa shape index (κ2) is 4.12. The zero-order chi connectivity index (χ0) is 13.6. The van der Waals surface area contributed by atoms with Crippen LogP contribution in [0.25, 0.3) is 0 Å². The highest BCUT2D eigenvalue weighted by Crippen LogP contribution is 2.41. The Morgan fingerprint density at radius 3 is 2.47 bits per heavy atom. The van der Waals surface area contributed by atoms with Gasteiger partial charge in [-0.25, -0.2) is 0 Å². The van der Waals surface area contributed by atoms with Gasteiger partial charge >= 0.3 is 6.18 Å². The molecule has 2 aromatic carbocycles. The Morgan fingerprint density at radius 2 is 1.79 bits per heavy atom. The molecule has 3 heteroatoms. The summed E-state index contributed by atoms with van der Waals surface area (Å²) in [5.74, 6) is 0.109. The molecule has 0 N–H and O–H groups in total. The Bertz CT molecular complexity index is 626. The van der Waals surface area contributed by atoms with Crippen molar-refractivity contribution in [3.63, 3.8) is 0 Å². The van der Waals surface area contributed by atoms with Crippen LogP contribution in [0, 0.1) is 6.92 Å². The molecule has 3 rings (SSSR count). The van der Waals surface area contributed by atoms with Gasteiger partial charge in [0, 0.05) is 5.92 Å². The van der Waals surface area contributed by atoms with Crippen LogP contribution in [0.5, 0.6) is 0 Å². The zero-order valence-corrected chi connectivity index (χ0v) is 10.5. The van der Waals surface area contributed by atoms with Crippen LogP contribution in [0.1, 0.15) is 33.7 Å². The Kier molecular flexibility index (Phi) is 2.66. The van der Waals surface area contributed by atoms with Gasteiger partial charge in [-0.15, -0.1) is 0 Å². The molecular weight excluding hydrogens is 249 g/mol. The maximum atomic E-state index is 12.8. The van der Waals surface area contributed by atoms with Crippen molar-refractivity contribution < 1.29 is 13.2 Å². The number of fused-ring (bicyclic) bond motifs is 1. The number of alkyl halides is 3. The first-order chi connectivity index (χ1) is 8.95. The molecule has 0 aliphatic heterocycles. The van der Waals surface area contributed by atoms with E-state index in [1.54, 1.807) is 6.92 Å². The fourth-order valence-corrected chi connectivity index (χ4v) is 2.73. The minimum atomic E-state index is -4.27. The van der Waals surface area contributed by atoms with E-state index in [4.69, 9.17) is 0 Å². The maximum Gasteiger partial charge on any atom is 0.416 e. The number of aryl methyl sites for hydroxylation is 1. The second-order valence-corrected chi connectivity index (χ2v) is 5.09. The third kappa shape index (κ3) is 2.14. The van der Waals surface area contributed by atoms with Crippen LogP contribution >= 0.6 is 0 Å². The molecule has 1 atom stereocenters. The molecule has 0 saturated carbocycles. The lowest BCUT2D eigenvalue weighted by Gasteiger charge is -2.31. The van der Waals surface area contributed by atoms with Crippen LogP contribution in [0.4, 0.5) is 13.2 Å². The number of hydrogen-bond donors (Lipinski definition) is 0. The Hall–Kier alpha value is -1.77. The van der Waals surface area contributed by atoms with E-state index in [0.29, 0.717) is 5.56 Å². The van der Waals surface area contributed by atoms with E-state index in [0.717, 1.165) is 17.5 Å². The number of rotatable bonds is 1. The largest absolute Gasteiger partial charge is 0.416 e. The smallest absolute Gasteiger partial charge is 0.166 e. The summed E-state index contributed by atoms with van der Waals surface area (Å²) < 4.78 is 38.5. The fraction of sp³-hybridized carbons (Fsp3) is 0.250. The molecule has 0 nitrogen and oxygen atoms in total. The quantitative estimate of drug-likeness (QED) is 0.698. The summed E-state index contributed by atoms with van der Waals surface area (Å²) in [6.07, 6.45) is -3.44. The second-order valence-electron chi connectivity index (χ2n) is 5.09. The normalized spacial score (nSPS) is 17.8. The molecule has 0 heterocycles. The summed E-state index contributed by atoms with van der Waals surface area (Å²) in [4.78, 5) is 0. The SMILES string of the molecule is Cc1cc(C2Cc3ccccc32)cc(C(F)(F)F)c1. The number of halogens is 3. The Labute approximate surface area is 109 Å². The van der Waals surface area contributed by atoms with Gasteiger partial charge in [-0.3, -0.25) is 0 Å². The minimum absolute atomic E-state index is 0.109. The van der Waals surface area contributed by atoms with E-state index in [2.05, 4.69) is 0 Å². The zero-order valence-electron chi connectivity index (χ0n) is 10.5. The third-order valence-electron chi connectivity index (χ3n) is 3.68. The van der Waals surface area contributed by atoms with Crippen molar-refractivity contribution in [2.24, 2.45) is 0 Å². The highest BCUT2D eigenvalue weighted by atomic mass is 19.4. The molecule has 0 radical (unpaired) electrons. The van der Waals surface area contributed by atoms with Gasteiger partial charge in [0.2, 0.25) is 0 Å². The highest BCUT2D eigenvalue weighted by Gasteiger charge is 2.33. The minimum Gasteiger partial charge on any atom is -0.166 e. The molecule has 2 aromatic rings. The van der Waals surface area contributed by atoms with E-state index in [-0.39, 0.29) is 5.92 Å². The van der Waals surface area contributed by atoms with Gasteiger partial charge < -0.3 is 0 Å². The lowest BCUT2D eigenvalue weighted by atomic mass is 9.73. The standard InChI is InChI=1S/C16H13F3/c1-10-6-12(8-13(7-10)16(17,18)19)15-9-11-4-2-3-5-14(11)15/h2-8,15H,9H2,1H3. The van der Waals surface area contributed by atoms with Gasteiger partial charge in [0.05, 0.1) is 5.56 Å². The molecule has 0 saturated heterocycles. The first kappa shape index (κ1) is 12.3. The topological polar surface area (TPSA) is 0 Å². The molecule has 0 spiro atoms. The lowest BCUT2D eigenvalue weighted by molar-refractivity contribution is -0.137. The van der Waals surface area contributed by atoms with E-state index in [9.17, 15) is 13.2 Å². The van der Waals surface area contributed by atoms with E-state index < -0.39 is 11.7 Å². The molecule has 98 valence electrons. The van der Waals surface area contributed by atoms with Crippen molar-refractivity contribution in [2.45, 2.75) is 25.4 Å². The first-order valence-electron chi connectivity index (χ1n) is 6.22. The summed E-state index contributed by atoms with van der Waals surface area (Å²) in [6, 6.07) is 12.3. The fourth-order valence-electron chi connectivity index (χ4n) is 2.73. The third-order valence-corrected chi connectivity index (χ3v) is 3.68. The lowest BCUT2D eigenvalue weighted by Crippen LogP contribution is -2.19. The predicted octanol–water partition coefficient (Wildman–Crippen LogP) is 4.70.